The summed E-state index contributed by atoms with van der Waals surface area (Å²) in [5.41, 5.74) is 0.879. The van der Waals surface area contributed by atoms with Crippen molar-refractivity contribution in [2.24, 2.45) is 0 Å². The molecule has 0 spiro atoms. The van der Waals surface area contributed by atoms with E-state index in [-0.39, 0.29) is 12.4 Å². The molecule has 0 bridgehead atoms. The van der Waals surface area contributed by atoms with Gasteiger partial charge in [0, 0.05) is 23.9 Å². The second-order valence-electron chi connectivity index (χ2n) is 3.57. The Balaban J connectivity index is 2.08. The minimum Gasteiger partial charge on any atom is -0.381 e. The van der Waals surface area contributed by atoms with Crippen LogP contribution in [-0.4, -0.2) is 0 Å². The van der Waals surface area contributed by atoms with E-state index >= 15 is 0 Å². The van der Waals surface area contributed by atoms with E-state index in [1.54, 1.807) is 18.2 Å². The molecule has 0 aliphatic heterocycles. The molecule has 0 radical (unpaired) electrons. The Morgan fingerprint density at radius 2 is 1.59 bits per heavy atom. The lowest BCUT2D eigenvalue weighted by Gasteiger charge is -2.07. The molecule has 0 aliphatic carbocycles. The number of halogens is 3. The summed E-state index contributed by atoms with van der Waals surface area (Å²) in [7, 11) is 0. The molecule has 0 heterocycles. The normalized spacial score (nSPS) is 10.3. The van der Waals surface area contributed by atoms with E-state index in [0.717, 1.165) is 12.1 Å². The Morgan fingerprint density at radius 1 is 0.824 bits per heavy atom. The van der Waals surface area contributed by atoms with Gasteiger partial charge in [0.05, 0.1) is 0 Å². The third kappa shape index (κ3) is 2.78. The van der Waals surface area contributed by atoms with Crippen LogP contribution in [0.25, 0.3) is 0 Å². The van der Waals surface area contributed by atoms with E-state index in [0.29, 0.717) is 11.3 Å². The van der Waals surface area contributed by atoms with Crippen molar-refractivity contribution in [2.75, 3.05) is 5.32 Å². The van der Waals surface area contributed by atoms with E-state index in [2.05, 4.69) is 5.32 Å². The Kier molecular flexibility index (Phi) is 3.32. The smallest absolute Gasteiger partial charge is 0.160 e. The molecule has 0 aliphatic rings. The Morgan fingerprint density at radius 3 is 2.29 bits per heavy atom. The molecule has 1 nitrogen and oxygen atoms in total. The topological polar surface area (TPSA) is 12.0 Å². The average molecular weight is 237 g/mol. The molecule has 0 amide bonds. The van der Waals surface area contributed by atoms with Crippen molar-refractivity contribution in [1.82, 2.24) is 0 Å². The van der Waals surface area contributed by atoms with Gasteiger partial charge in [0.1, 0.15) is 5.82 Å². The molecule has 0 aromatic heterocycles. The van der Waals surface area contributed by atoms with Crippen molar-refractivity contribution >= 4 is 5.69 Å². The first-order valence-corrected chi connectivity index (χ1v) is 5.09. The summed E-state index contributed by atoms with van der Waals surface area (Å²) in [4.78, 5) is 0. The molecule has 0 saturated carbocycles. The number of benzene rings is 2. The molecule has 88 valence electrons. The van der Waals surface area contributed by atoms with E-state index in [4.69, 9.17) is 0 Å². The number of rotatable bonds is 3. The summed E-state index contributed by atoms with van der Waals surface area (Å²) in [6, 6.07) is 9.75. The predicted octanol–water partition coefficient (Wildman–Crippen LogP) is 3.72. The van der Waals surface area contributed by atoms with Crippen molar-refractivity contribution in [1.29, 1.82) is 0 Å². The molecule has 4 heteroatoms. The monoisotopic (exact) mass is 237 g/mol. The highest BCUT2D eigenvalue weighted by atomic mass is 19.2. The molecule has 17 heavy (non-hydrogen) atoms. The van der Waals surface area contributed by atoms with E-state index in [1.807, 2.05) is 0 Å². The van der Waals surface area contributed by atoms with Crippen LogP contribution < -0.4 is 5.32 Å². The van der Waals surface area contributed by atoms with Crippen molar-refractivity contribution in [2.45, 2.75) is 6.54 Å². The fraction of sp³-hybridized carbons (Fsp3) is 0.0769. The van der Waals surface area contributed by atoms with E-state index < -0.39 is 11.6 Å². The molecule has 2 rings (SSSR count). The van der Waals surface area contributed by atoms with Gasteiger partial charge in [0.2, 0.25) is 0 Å². The van der Waals surface area contributed by atoms with Gasteiger partial charge in [0.15, 0.2) is 11.6 Å². The zero-order chi connectivity index (χ0) is 12.3. The number of nitrogens with one attached hydrogen (secondary N) is 1. The molecule has 1 N–H and O–H groups in total. The van der Waals surface area contributed by atoms with Gasteiger partial charge < -0.3 is 5.32 Å². The van der Waals surface area contributed by atoms with Gasteiger partial charge in [-0.05, 0) is 18.2 Å². The summed E-state index contributed by atoms with van der Waals surface area (Å²) in [5, 5.41) is 2.82. The zero-order valence-corrected chi connectivity index (χ0v) is 8.88. The van der Waals surface area contributed by atoms with Crippen molar-refractivity contribution in [3.05, 3.63) is 65.5 Å². The highest BCUT2D eigenvalue weighted by Gasteiger charge is 2.03. The van der Waals surface area contributed by atoms with Crippen LogP contribution >= 0.6 is 0 Å². The zero-order valence-electron chi connectivity index (χ0n) is 8.88. The molecule has 0 fully saturated rings. The molecule has 0 unspecified atom stereocenters. The van der Waals surface area contributed by atoms with Gasteiger partial charge in [-0.15, -0.1) is 0 Å². The molecule has 2 aromatic rings. The molecule has 2 aromatic carbocycles. The van der Waals surface area contributed by atoms with Crippen LogP contribution in [0.15, 0.2) is 42.5 Å². The van der Waals surface area contributed by atoms with Gasteiger partial charge in [-0.2, -0.15) is 0 Å². The lowest BCUT2D eigenvalue weighted by atomic mass is 10.2. The lowest BCUT2D eigenvalue weighted by Crippen LogP contribution is -2.02. The first-order chi connectivity index (χ1) is 8.16. The summed E-state index contributed by atoms with van der Waals surface area (Å²) in [6.07, 6.45) is 0. The van der Waals surface area contributed by atoms with Crippen LogP contribution in [-0.2, 0) is 6.54 Å². The van der Waals surface area contributed by atoms with Gasteiger partial charge in [-0.1, -0.05) is 18.2 Å². The van der Waals surface area contributed by atoms with Crippen molar-refractivity contribution < 1.29 is 13.2 Å². The molecular formula is C13H10F3N. The summed E-state index contributed by atoms with van der Waals surface area (Å²) in [6.45, 7) is 0.220. The van der Waals surface area contributed by atoms with Gasteiger partial charge in [-0.3, -0.25) is 0 Å². The summed E-state index contributed by atoms with van der Waals surface area (Å²) < 4.78 is 38.8. The Bertz CT molecular complexity index is 526. The standard InChI is InChI=1S/C13H10F3N/c14-11-4-2-1-3-9(11)8-17-10-5-6-12(15)13(16)7-10/h1-7,17H,8H2. The third-order valence-electron chi connectivity index (χ3n) is 2.36. The van der Waals surface area contributed by atoms with Gasteiger partial charge in [-0.25, -0.2) is 13.2 Å². The van der Waals surface area contributed by atoms with E-state index in [1.165, 1.54) is 12.1 Å². The van der Waals surface area contributed by atoms with Crippen molar-refractivity contribution in [3.63, 3.8) is 0 Å². The average Bonchev–Trinajstić information content (AvgIpc) is 2.32. The SMILES string of the molecule is Fc1ccc(NCc2ccccc2F)cc1F. The minimum atomic E-state index is -0.927. The first-order valence-electron chi connectivity index (χ1n) is 5.09. The summed E-state index contributed by atoms with van der Waals surface area (Å²) >= 11 is 0. The number of hydrogen-bond acceptors (Lipinski definition) is 1. The van der Waals surface area contributed by atoms with Crippen LogP contribution in [0.3, 0.4) is 0 Å². The quantitative estimate of drug-likeness (QED) is 0.857. The van der Waals surface area contributed by atoms with Crippen LogP contribution in [0.1, 0.15) is 5.56 Å². The van der Waals surface area contributed by atoms with Gasteiger partial charge >= 0.3 is 0 Å². The molecule has 0 saturated heterocycles. The molecular weight excluding hydrogens is 227 g/mol. The molecule has 0 atom stereocenters. The highest BCUT2D eigenvalue weighted by Crippen LogP contribution is 2.15. The summed E-state index contributed by atoms with van der Waals surface area (Å²) in [5.74, 6) is -2.16. The minimum absolute atomic E-state index is 0.220. The first kappa shape index (κ1) is 11.5. The van der Waals surface area contributed by atoms with Crippen LogP contribution in [0, 0.1) is 17.5 Å². The lowest BCUT2D eigenvalue weighted by molar-refractivity contribution is 0.509. The largest absolute Gasteiger partial charge is 0.381 e. The number of anilines is 1. The fourth-order valence-electron chi connectivity index (χ4n) is 1.45. The number of hydrogen-bond donors (Lipinski definition) is 1. The van der Waals surface area contributed by atoms with Crippen LogP contribution in [0.2, 0.25) is 0 Å². The van der Waals surface area contributed by atoms with Crippen LogP contribution in [0.5, 0.6) is 0 Å². The van der Waals surface area contributed by atoms with Crippen molar-refractivity contribution in [3.8, 4) is 0 Å². The second-order valence-corrected chi connectivity index (χ2v) is 3.57. The fourth-order valence-corrected chi connectivity index (χ4v) is 1.45. The second kappa shape index (κ2) is 4.91. The maximum absolute atomic E-state index is 13.3. The Hall–Kier alpha value is -1.97. The van der Waals surface area contributed by atoms with E-state index in [9.17, 15) is 13.2 Å². The maximum Gasteiger partial charge on any atom is 0.160 e. The maximum atomic E-state index is 13.3. The van der Waals surface area contributed by atoms with Gasteiger partial charge in [0.25, 0.3) is 0 Å². The predicted molar refractivity (Wildman–Crippen MR) is 60.1 cm³/mol. The third-order valence-corrected chi connectivity index (χ3v) is 2.36. The van der Waals surface area contributed by atoms with Crippen LogP contribution in [0.4, 0.5) is 18.9 Å². The highest BCUT2D eigenvalue weighted by molar-refractivity contribution is 5.44. The Labute approximate surface area is 96.9 Å².